The quantitative estimate of drug-likeness (QED) is 0.0161. The Morgan fingerprint density at radius 2 is 0.986 bits per heavy atom. The monoisotopic (exact) mass is 987 g/mol. The van der Waals surface area contributed by atoms with Gasteiger partial charge in [-0.15, -0.1) is 0 Å². The van der Waals surface area contributed by atoms with Crippen molar-refractivity contribution in [1.82, 2.24) is 5.32 Å². The zero-order valence-electron chi connectivity index (χ0n) is 45.5. The fourth-order valence-corrected chi connectivity index (χ4v) is 8.51. The van der Waals surface area contributed by atoms with Crippen LogP contribution in [0.1, 0.15) is 239 Å². The van der Waals surface area contributed by atoms with Gasteiger partial charge in [0.1, 0.15) is 19.3 Å². The van der Waals surface area contributed by atoms with Crippen molar-refractivity contribution in [1.29, 1.82) is 0 Å². The highest BCUT2D eigenvalue weighted by molar-refractivity contribution is 7.45. The summed E-state index contributed by atoms with van der Waals surface area (Å²) in [6.45, 7) is 6.65. The van der Waals surface area contributed by atoms with Crippen molar-refractivity contribution >= 4 is 19.7 Å². The molecule has 0 aromatic heterocycles. The van der Waals surface area contributed by atoms with Gasteiger partial charge >= 0.3 is 5.97 Å². The Morgan fingerprint density at radius 1 is 0.536 bits per heavy atom. The molecule has 3 unspecified atom stereocenters. The summed E-state index contributed by atoms with van der Waals surface area (Å²) in [6.07, 6.45) is 61.5. The van der Waals surface area contributed by atoms with Gasteiger partial charge in [0.05, 0.1) is 33.8 Å². The number of phosphoric ester groups is 1. The summed E-state index contributed by atoms with van der Waals surface area (Å²) in [5.74, 6) is -0.573. The predicted molar refractivity (Wildman–Crippen MR) is 293 cm³/mol. The van der Waals surface area contributed by atoms with E-state index in [2.05, 4.69) is 80.8 Å². The van der Waals surface area contributed by atoms with Crippen LogP contribution in [0.3, 0.4) is 0 Å². The first-order chi connectivity index (χ1) is 33.4. The van der Waals surface area contributed by atoms with E-state index in [1.165, 1.54) is 103 Å². The predicted octanol–water partition coefficient (Wildman–Crippen LogP) is 16.3. The highest BCUT2D eigenvalue weighted by Gasteiger charge is 2.27. The van der Waals surface area contributed by atoms with Crippen molar-refractivity contribution in [2.45, 2.75) is 251 Å². The van der Waals surface area contributed by atoms with E-state index in [4.69, 9.17) is 13.8 Å². The third-order valence-electron chi connectivity index (χ3n) is 12.2. The Labute approximate surface area is 425 Å². The molecule has 3 atom stereocenters. The number of hydrogen-bond donors (Lipinski definition) is 1. The van der Waals surface area contributed by atoms with Crippen LogP contribution in [0.2, 0.25) is 0 Å². The Hall–Kier alpha value is -2.55. The summed E-state index contributed by atoms with van der Waals surface area (Å²) in [6, 6.07) is -0.901. The van der Waals surface area contributed by atoms with E-state index in [-0.39, 0.29) is 24.9 Å². The Morgan fingerprint density at radius 3 is 1.52 bits per heavy atom. The van der Waals surface area contributed by atoms with Crippen LogP contribution in [0.15, 0.2) is 72.9 Å². The molecule has 69 heavy (non-hydrogen) atoms. The number of ether oxygens (including phenoxy) is 1. The Bertz CT molecular complexity index is 1420. The molecular formula is C59H107N2O7P. The number of rotatable bonds is 50. The van der Waals surface area contributed by atoms with Gasteiger partial charge in [0, 0.05) is 12.8 Å². The fourth-order valence-electron chi connectivity index (χ4n) is 7.79. The maximum Gasteiger partial charge on any atom is 0.306 e. The SMILES string of the molecule is CC/C=C/C=C/C=C\CCCCCCCC(=O)NC(COP(=O)([O-])OCC[N+](C)(C)C)C(/C=C\CCCCCCCCCCC)OC(=O)CCCCCCCCCCC/C=C\C/C=C\CCCCC. The number of carbonyl (C=O) groups is 2. The number of nitrogens with zero attached hydrogens (tertiary/aromatic N) is 1. The number of amides is 1. The van der Waals surface area contributed by atoms with E-state index in [1.807, 2.05) is 39.4 Å². The number of unbranched alkanes of at least 4 members (excludes halogenated alkanes) is 26. The van der Waals surface area contributed by atoms with E-state index in [1.54, 1.807) is 0 Å². The van der Waals surface area contributed by atoms with Crippen LogP contribution in [-0.2, 0) is 27.9 Å². The maximum absolute atomic E-state index is 13.4. The standard InChI is InChI=1S/C59H107N2O7P/c1-7-10-13-16-19-22-25-27-28-29-30-31-32-34-37-40-43-46-49-52-59(63)68-57(50-47-44-41-38-35-24-21-18-15-12-9-3)56(55-67-69(64,65)66-54-53-61(4,5)6)60-58(62)51-48-45-42-39-36-33-26-23-20-17-14-11-8-2/h11,14,17,19-20,22-23,26-28,47,50,56-57H,7-10,12-13,15-16,18,21,24-25,29-46,48-49,51-55H2,1-6H3,(H-,60,62,64,65)/b14-11+,20-17+,22-19-,26-23-,28-27-,50-47-. The molecule has 0 aromatic carbocycles. The molecule has 0 fully saturated rings. The number of carbonyl (C=O) groups excluding carboxylic acids is 2. The van der Waals surface area contributed by atoms with Gasteiger partial charge in [-0.05, 0) is 83.1 Å². The first-order valence-electron chi connectivity index (χ1n) is 28.3. The molecule has 10 heteroatoms. The van der Waals surface area contributed by atoms with Crippen LogP contribution >= 0.6 is 7.82 Å². The second-order valence-corrected chi connectivity index (χ2v) is 21.5. The van der Waals surface area contributed by atoms with Crippen LogP contribution in [0, 0.1) is 0 Å². The molecule has 0 aliphatic heterocycles. The number of quaternary nitrogens is 1. The lowest BCUT2D eigenvalue weighted by Crippen LogP contribution is -2.47. The molecule has 400 valence electrons. The van der Waals surface area contributed by atoms with Crippen molar-refractivity contribution < 1.29 is 37.3 Å². The molecule has 1 N–H and O–H groups in total. The molecule has 0 rings (SSSR count). The van der Waals surface area contributed by atoms with Crippen LogP contribution in [-0.4, -0.2) is 69.4 Å². The largest absolute Gasteiger partial charge is 0.756 e. The summed E-state index contributed by atoms with van der Waals surface area (Å²) in [4.78, 5) is 39.8. The van der Waals surface area contributed by atoms with Crippen molar-refractivity contribution in [3.63, 3.8) is 0 Å². The van der Waals surface area contributed by atoms with E-state index in [9.17, 15) is 19.0 Å². The number of hydrogen-bond acceptors (Lipinski definition) is 7. The Kier molecular flexibility index (Phi) is 47.2. The van der Waals surface area contributed by atoms with Gasteiger partial charge in [0.2, 0.25) is 5.91 Å². The van der Waals surface area contributed by atoms with Crippen molar-refractivity contribution in [3.05, 3.63) is 72.9 Å². The third kappa shape index (κ3) is 50.2. The van der Waals surface area contributed by atoms with E-state index in [0.717, 1.165) is 96.3 Å². The molecule has 9 nitrogen and oxygen atoms in total. The maximum atomic E-state index is 13.4. The highest BCUT2D eigenvalue weighted by Crippen LogP contribution is 2.38. The average molecular weight is 987 g/mol. The summed E-state index contributed by atoms with van der Waals surface area (Å²) in [5, 5.41) is 3.00. The number of esters is 1. The molecular weight excluding hydrogens is 880 g/mol. The zero-order valence-corrected chi connectivity index (χ0v) is 46.4. The first kappa shape index (κ1) is 66.5. The van der Waals surface area contributed by atoms with E-state index < -0.39 is 26.6 Å². The minimum atomic E-state index is -4.70. The minimum absolute atomic E-state index is 0.0298. The summed E-state index contributed by atoms with van der Waals surface area (Å²) in [7, 11) is 1.16. The molecule has 0 saturated heterocycles. The topological polar surface area (TPSA) is 114 Å². The van der Waals surface area contributed by atoms with Crippen LogP contribution in [0.4, 0.5) is 0 Å². The van der Waals surface area contributed by atoms with Gasteiger partial charge in [-0.1, -0.05) is 216 Å². The molecule has 0 aliphatic rings. The van der Waals surface area contributed by atoms with Gasteiger partial charge in [-0.2, -0.15) is 0 Å². The molecule has 0 bridgehead atoms. The normalized spacial score (nSPS) is 14.4. The van der Waals surface area contributed by atoms with Crippen molar-refractivity contribution in [3.8, 4) is 0 Å². The summed E-state index contributed by atoms with van der Waals surface area (Å²) >= 11 is 0. The molecule has 0 radical (unpaired) electrons. The molecule has 0 heterocycles. The number of allylic oxidation sites excluding steroid dienone is 11. The fraction of sp³-hybridized carbons (Fsp3) is 0.763. The number of nitrogens with one attached hydrogen (secondary N) is 1. The second-order valence-electron chi connectivity index (χ2n) is 20.1. The van der Waals surface area contributed by atoms with Crippen LogP contribution < -0.4 is 10.2 Å². The van der Waals surface area contributed by atoms with E-state index >= 15 is 0 Å². The lowest BCUT2D eigenvalue weighted by molar-refractivity contribution is -0.870. The van der Waals surface area contributed by atoms with Crippen LogP contribution in [0.5, 0.6) is 0 Å². The lowest BCUT2D eigenvalue weighted by Gasteiger charge is -2.30. The van der Waals surface area contributed by atoms with Crippen molar-refractivity contribution in [2.24, 2.45) is 0 Å². The van der Waals surface area contributed by atoms with Gasteiger partial charge in [0.25, 0.3) is 7.82 Å². The molecule has 0 saturated carbocycles. The van der Waals surface area contributed by atoms with E-state index in [0.29, 0.717) is 23.9 Å². The van der Waals surface area contributed by atoms with Gasteiger partial charge in [-0.25, -0.2) is 0 Å². The molecule has 0 spiro atoms. The number of phosphoric acid groups is 1. The molecule has 0 aliphatic carbocycles. The summed E-state index contributed by atoms with van der Waals surface area (Å²) in [5.41, 5.74) is 0. The smallest absolute Gasteiger partial charge is 0.306 e. The van der Waals surface area contributed by atoms with Gasteiger partial charge in [-0.3, -0.25) is 14.2 Å². The van der Waals surface area contributed by atoms with Gasteiger partial charge in [0.15, 0.2) is 0 Å². The third-order valence-corrected chi connectivity index (χ3v) is 13.1. The molecule has 1 amide bonds. The Balaban J connectivity index is 5.31. The van der Waals surface area contributed by atoms with Crippen molar-refractivity contribution in [2.75, 3.05) is 40.9 Å². The molecule has 0 aromatic rings. The highest BCUT2D eigenvalue weighted by atomic mass is 31.2. The van der Waals surface area contributed by atoms with Gasteiger partial charge < -0.3 is 28.5 Å². The minimum Gasteiger partial charge on any atom is -0.756 e. The average Bonchev–Trinajstić information content (AvgIpc) is 3.31. The van der Waals surface area contributed by atoms with Crippen LogP contribution in [0.25, 0.3) is 0 Å². The number of likely N-dealkylation sites (N-methyl/N-ethyl adjacent to an activating group) is 1. The zero-order chi connectivity index (χ0) is 50.8. The lowest BCUT2D eigenvalue weighted by atomic mass is 10.1. The first-order valence-corrected chi connectivity index (χ1v) is 29.7. The second kappa shape index (κ2) is 49.0. The summed E-state index contributed by atoms with van der Waals surface area (Å²) < 4.78 is 30.2.